The van der Waals surface area contributed by atoms with Crippen molar-refractivity contribution in [3.63, 3.8) is 0 Å². The number of rotatable bonds is 6. The summed E-state index contributed by atoms with van der Waals surface area (Å²) >= 11 is 0. The van der Waals surface area contributed by atoms with Gasteiger partial charge in [0.1, 0.15) is 0 Å². The molecular formula is C14H22N2. The molecular weight excluding hydrogens is 196 g/mol. The molecule has 0 saturated heterocycles. The van der Waals surface area contributed by atoms with Gasteiger partial charge in [-0.2, -0.15) is 0 Å². The minimum Gasteiger partial charge on any atom is -0.329 e. The lowest BCUT2D eigenvalue weighted by atomic mass is 10.1. The standard InChI is InChI=1S/C14H22N2/c1-2-13(10-15)16(14-8-9-14)11-12-6-4-3-5-7-12/h3-7,13-14H,2,8-11,15H2,1H3. The van der Waals surface area contributed by atoms with Crippen LogP contribution in [0.4, 0.5) is 0 Å². The molecule has 1 aliphatic carbocycles. The summed E-state index contributed by atoms with van der Waals surface area (Å²) in [5, 5.41) is 0. The zero-order chi connectivity index (χ0) is 11.4. The largest absolute Gasteiger partial charge is 0.329 e. The van der Waals surface area contributed by atoms with Crippen molar-refractivity contribution in [1.82, 2.24) is 4.90 Å². The highest BCUT2D eigenvalue weighted by molar-refractivity contribution is 5.15. The number of hydrogen-bond acceptors (Lipinski definition) is 2. The summed E-state index contributed by atoms with van der Waals surface area (Å²) in [5.41, 5.74) is 7.27. The summed E-state index contributed by atoms with van der Waals surface area (Å²) in [6.07, 6.45) is 3.85. The van der Waals surface area contributed by atoms with Crippen LogP contribution < -0.4 is 5.73 Å². The van der Waals surface area contributed by atoms with Gasteiger partial charge in [-0.25, -0.2) is 0 Å². The summed E-state index contributed by atoms with van der Waals surface area (Å²) < 4.78 is 0. The van der Waals surface area contributed by atoms with Crippen molar-refractivity contribution < 1.29 is 0 Å². The van der Waals surface area contributed by atoms with Gasteiger partial charge in [0.2, 0.25) is 0 Å². The lowest BCUT2D eigenvalue weighted by Crippen LogP contribution is -2.41. The smallest absolute Gasteiger partial charge is 0.0240 e. The maximum absolute atomic E-state index is 5.86. The van der Waals surface area contributed by atoms with Crippen molar-refractivity contribution in [3.8, 4) is 0 Å². The third-order valence-corrected chi connectivity index (χ3v) is 3.44. The SMILES string of the molecule is CCC(CN)N(Cc1ccccc1)C1CC1. The number of benzene rings is 1. The molecule has 1 fully saturated rings. The summed E-state index contributed by atoms with van der Waals surface area (Å²) in [6, 6.07) is 12.1. The van der Waals surface area contributed by atoms with Gasteiger partial charge in [-0.05, 0) is 24.8 Å². The quantitative estimate of drug-likeness (QED) is 0.794. The van der Waals surface area contributed by atoms with Crippen LogP contribution in [0.3, 0.4) is 0 Å². The fraction of sp³-hybridized carbons (Fsp3) is 0.571. The number of nitrogens with zero attached hydrogens (tertiary/aromatic N) is 1. The second-order valence-electron chi connectivity index (χ2n) is 4.69. The van der Waals surface area contributed by atoms with E-state index in [1.807, 2.05) is 0 Å². The van der Waals surface area contributed by atoms with E-state index in [0.29, 0.717) is 6.04 Å². The molecule has 0 spiro atoms. The Hall–Kier alpha value is -0.860. The Balaban J connectivity index is 2.02. The number of hydrogen-bond donors (Lipinski definition) is 1. The highest BCUT2D eigenvalue weighted by Crippen LogP contribution is 2.30. The summed E-state index contributed by atoms with van der Waals surface area (Å²) in [7, 11) is 0. The van der Waals surface area contributed by atoms with E-state index in [-0.39, 0.29) is 0 Å². The minimum absolute atomic E-state index is 0.549. The molecule has 2 heteroatoms. The lowest BCUT2D eigenvalue weighted by Gasteiger charge is -2.30. The van der Waals surface area contributed by atoms with E-state index >= 15 is 0 Å². The molecule has 1 aromatic carbocycles. The molecule has 1 aliphatic rings. The van der Waals surface area contributed by atoms with E-state index in [9.17, 15) is 0 Å². The van der Waals surface area contributed by atoms with Crippen molar-refractivity contribution in [2.24, 2.45) is 5.73 Å². The molecule has 1 unspecified atom stereocenters. The lowest BCUT2D eigenvalue weighted by molar-refractivity contribution is 0.176. The van der Waals surface area contributed by atoms with E-state index in [2.05, 4.69) is 42.2 Å². The molecule has 1 aromatic rings. The molecule has 88 valence electrons. The molecule has 0 bridgehead atoms. The molecule has 2 rings (SSSR count). The molecule has 0 amide bonds. The third-order valence-electron chi connectivity index (χ3n) is 3.44. The fourth-order valence-corrected chi connectivity index (χ4v) is 2.29. The zero-order valence-electron chi connectivity index (χ0n) is 10.1. The van der Waals surface area contributed by atoms with Crippen LogP contribution >= 0.6 is 0 Å². The Bertz CT molecular complexity index is 302. The van der Waals surface area contributed by atoms with Crippen LogP contribution in [-0.4, -0.2) is 23.5 Å². The molecule has 0 aliphatic heterocycles. The average Bonchev–Trinajstić information content (AvgIpc) is 3.14. The van der Waals surface area contributed by atoms with Gasteiger partial charge < -0.3 is 5.73 Å². The van der Waals surface area contributed by atoms with E-state index in [0.717, 1.165) is 25.6 Å². The molecule has 0 aromatic heterocycles. The monoisotopic (exact) mass is 218 g/mol. The maximum Gasteiger partial charge on any atom is 0.0240 e. The average molecular weight is 218 g/mol. The predicted octanol–water partition coefficient (Wildman–Crippen LogP) is 2.39. The highest BCUT2D eigenvalue weighted by atomic mass is 15.2. The van der Waals surface area contributed by atoms with E-state index in [1.54, 1.807) is 0 Å². The van der Waals surface area contributed by atoms with Crippen LogP contribution in [0, 0.1) is 0 Å². The first kappa shape index (κ1) is 11.6. The van der Waals surface area contributed by atoms with Crippen molar-refractivity contribution in [2.45, 2.75) is 44.8 Å². The Labute approximate surface area is 98.4 Å². The van der Waals surface area contributed by atoms with E-state index < -0.39 is 0 Å². The van der Waals surface area contributed by atoms with Crippen LogP contribution in [0.5, 0.6) is 0 Å². The van der Waals surface area contributed by atoms with Crippen LogP contribution in [0.2, 0.25) is 0 Å². The molecule has 1 saturated carbocycles. The second-order valence-corrected chi connectivity index (χ2v) is 4.69. The van der Waals surface area contributed by atoms with Gasteiger partial charge in [-0.15, -0.1) is 0 Å². The molecule has 2 nitrogen and oxygen atoms in total. The molecule has 16 heavy (non-hydrogen) atoms. The van der Waals surface area contributed by atoms with Gasteiger partial charge in [0, 0.05) is 25.2 Å². The van der Waals surface area contributed by atoms with E-state index in [4.69, 9.17) is 5.73 Å². The van der Waals surface area contributed by atoms with Gasteiger partial charge in [0.05, 0.1) is 0 Å². The first-order chi connectivity index (χ1) is 7.85. The van der Waals surface area contributed by atoms with Crippen molar-refractivity contribution in [3.05, 3.63) is 35.9 Å². The third kappa shape index (κ3) is 2.83. The van der Waals surface area contributed by atoms with Crippen molar-refractivity contribution in [1.29, 1.82) is 0 Å². The van der Waals surface area contributed by atoms with Gasteiger partial charge in [-0.3, -0.25) is 4.90 Å². The summed E-state index contributed by atoms with van der Waals surface area (Å²) in [5.74, 6) is 0. The number of nitrogens with two attached hydrogens (primary N) is 1. The maximum atomic E-state index is 5.86. The van der Waals surface area contributed by atoms with Gasteiger partial charge in [0.25, 0.3) is 0 Å². The Morgan fingerprint density at radius 3 is 2.50 bits per heavy atom. The van der Waals surface area contributed by atoms with Crippen molar-refractivity contribution >= 4 is 0 Å². The van der Waals surface area contributed by atoms with Crippen LogP contribution in [0.1, 0.15) is 31.7 Å². The Morgan fingerprint density at radius 1 is 1.31 bits per heavy atom. The summed E-state index contributed by atoms with van der Waals surface area (Å²) in [6.45, 7) is 4.07. The Morgan fingerprint density at radius 2 is 2.00 bits per heavy atom. The van der Waals surface area contributed by atoms with Crippen molar-refractivity contribution in [2.75, 3.05) is 6.54 Å². The van der Waals surface area contributed by atoms with Crippen LogP contribution in [-0.2, 0) is 6.54 Å². The predicted molar refractivity (Wildman–Crippen MR) is 68.1 cm³/mol. The molecule has 2 N–H and O–H groups in total. The topological polar surface area (TPSA) is 29.3 Å². The van der Waals surface area contributed by atoms with Gasteiger partial charge in [-0.1, -0.05) is 37.3 Å². The van der Waals surface area contributed by atoms with Gasteiger partial charge in [0.15, 0.2) is 0 Å². The molecule has 1 atom stereocenters. The van der Waals surface area contributed by atoms with Gasteiger partial charge >= 0.3 is 0 Å². The van der Waals surface area contributed by atoms with E-state index in [1.165, 1.54) is 18.4 Å². The first-order valence-electron chi connectivity index (χ1n) is 6.35. The molecule has 0 radical (unpaired) electrons. The minimum atomic E-state index is 0.549. The highest BCUT2D eigenvalue weighted by Gasteiger charge is 2.32. The Kier molecular flexibility index (Phi) is 3.97. The van der Waals surface area contributed by atoms with Crippen LogP contribution in [0.25, 0.3) is 0 Å². The zero-order valence-corrected chi connectivity index (χ0v) is 10.1. The normalized spacial score (nSPS) is 17.7. The van der Waals surface area contributed by atoms with Crippen LogP contribution in [0.15, 0.2) is 30.3 Å². The fourth-order valence-electron chi connectivity index (χ4n) is 2.29. The second kappa shape index (κ2) is 5.46. The molecule has 0 heterocycles. The first-order valence-corrected chi connectivity index (χ1v) is 6.35. The summed E-state index contributed by atoms with van der Waals surface area (Å²) in [4.78, 5) is 2.59.